The lowest BCUT2D eigenvalue weighted by Gasteiger charge is -2.33. The molecule has 3 N–H and O–H groups in total. The largest absolute Gasteiger partial charge is 0.381 e. The normalized spacial score (nSPS) is 24.8. The van der Waals surface area contributed by atoms with E-state index in [1.165, 1.54) is 25.1 Å². The minimum Gasteiger partial charge on any atom is -0.381 e. The van der Waals surface area contributed by atoms with E-state index >= 15 is 0 Å². The lowest BCUT2D eigenvalue weighted by atomic mass is 9.93. The van der Waals surface area contributed by atoms with Crippen molar-refractivity contribution in [3.63, 3.8) is 0 Å². The third-order valence-electron chi connectivity index (χ3n) is 8.11. The van der Waals surface area contributed by atoms with Gasteiger partial charge in [-0.15, -0.1) is 0 Å². The minimum atomic E-state index is -3.02. The van der Waals surface area contributed by atoms with E-state index in [1.807, 2.05) is 0 Å². The molecule has 0 spiro atoms. The van der Waals surface area contributed by atoms with E-state index in [1.54, 1.807) is 0 Å². The van der Waals surface area contributed by atoms with Crippen LogP contribution in [0.5, 0.6) is 0 Å². The van der Waals surface area contributed by atoms with Gasteiger partial charge in [0.05, 0.1) is 22.9 Å². The molecule has 5 rings (SSSR count). The highest BCUT2D eigenvalue weighted by atomic mass is 19.3. The molecule has 3 aliphatic rings. The van der Waals surface area contributed by atoms with Gasteiger partial charge in [0.2, 0.25) is 0 Å². The number of nitrogens with zero attached hydrogens (tertiary/aromatic N) is 1. The first-order chi connectivity index (χ1) is 17.6. The topological polar surface area (TPSA) is 75.2 Å². The van der Waals surface area contributed by atoms with E-state index in [2.05, 4.69) is 16.0 Å². The van der Waals surface area contributed by atoms with Crippen molar-refractivity contribution in [2.75, 3.05) is 18.4 Å². The first-order valence-corrected chi connectivity index (χ1v) is 12.5. The van der Waals surface area contributed by atoms with Crippen molar-refractivity contribution in [3.05, 3.63) is 63.3 Å². The summed E-state index contributed by atoms with van der Waals surface area (Å²) in [6.45, 7) is 3.03. The first-order valence-electron chi connectivity index (χ1n) is 12.5. The molecule has 1 aromatic heterocycles. The summed E-state index contributed by atoms with van der Waals surface area (Å²) in [4.78, 5) is 26.4. The number of hydrogen-bond donors (Lipinski definition) is 3. The summed E-state index contributed by atoms with van der Waals surface area (Å²) in [7, 11) is 0. The van der Waals surface area contributed by atoms with E-state index in [-0.39, 0.29) is 47.5 Å². The Bertz CT molecular complexity index is 1230. The molecule has 2 aliphatic carbocycles. The highest BCUT2D eigenvalue weighted by Gasteiger charge is 2.53. The summed E-state index contributed by atoms with van der Waals surface area (Å²) >= 11 is 0. The Morgan fingerprint density at radius 3 is 2.35 bits per heavy atom. The van der Waals surface area contributed by atoms with Gasteiger partial charge in [0.25, 0.3) is 24.3 Å². The first kappa shape index (κ1) is 25.7. The number of hydrogen-bond acceptors (Lipinski definition) is 4. The summed E-state index contributed by atoms with van der Waals surface area (Å²) in [6, 6.07) is 3.74. The van der Waals surface area contributed by atoms with Crippen LogP contribution in [0.1, 0.15) is 66.6 Å². The number of fused-ring (bicyclic) bond motifs is 2. The van der Waals surface area contributed by atoms with Crippen LogP contribution in [0.15, 0.2) is 35.3 Å². The lowest BCUT2D eigenvalue weighted by Crippen LogP contribution is -2.46. The zero-order valence-electron chi connectivity index (χ0n) is 20.2. The van der Waals surface area contributed by atoms with Crippen LogP contribution in [0.2, 0.25) is 0 Å². The van der Waals surface area contributed by atoms with Crippen molar-refractivity contribution in [2.24, 2.45) is 11.8 Å². The maximum Gasteiger partial charge on any atom is 0.266 e. The van der Waals surface area contributed by atoms with Crippen LogP contribution < -0.4 is 21.5 Å². The standard InChI is InChI=1S/C26H29F5N4O2/c1-13(16-3-2-4-17(21(16)27)23(28)29)33-24(37)18-12-35(26(7-8-26)25(30)31)20(36)9-19(18)34-22-14-5-6-15(22)11-32-10-14/h2-4,9,12-15,22-23,25,32,34H,5-8,10-11H2,1H3,(H,33,37)/t13-,14-,15+,22?/m1/s1. The lowest BCUT2D eigenvalue weighted by molar-refractivity contribution is 0.0648. The van der Waals surface area contributed by atoms with Crippen molar-refractivity contribution in [3.8, 4) is 0 Å². The number of halogens is 5. The van der Waals surface area contributed by atoms with E-state index in [9.17, 15) is 31.5 Å². The van der Waals surface area contributed by atoms with Gasteiger partial charge >= 0.3 is 0 Å². The molecule has 1 aliphatic heterocycles. The third kappa shape index (κ3) is 4.62. The molecule has 1 aromatic carbocycles. The number of nitrogens with one attached hydrogen (secondary N) is 3. The molecule has 1 saturated heterocycles. The number of piperidine rings is 1. The summed E-state index contributed by atoms with van der Waals surface area (Å²) < 4.78 is 69.7. The molecule has 11 heteroatoms. The van der Waals surface area contributed by atoms with E-state index in [0.29, 0.717) is 0 Å². The van der Waals surface area contributed by atoms with Gasteiger partial charge in [0, 0.05) is 23.9 Å². The molecule has 1 amide bonds. The highest BCUT2D eigenvalue weighted by Crippen LogP contribution is 2.48. The number of benzene rings is 1. The number of alkyl halides is 4. The second-order valence-corrected chi connectivity index (χ2v) is 10.4. The Kier molecular flexibility index (Phi) is 6.76. The average Bonchev–Trinajstić information content (AvgIpc) is 3.62. The fourth-order valence-corrected chi connectivity index (χ4v) is 5.80. The number of anilines is 1. The monoisotopic (exact) mass is 524 g/mol. The number of carbonyl (C=O) groups is 1. The Hall–Kier alpha value is -2.95. The molecule has 37 heavy (non-hydrogen) atoms. The number of pyridine rings is 1. The Morgan fingerprint density at radius 2 is 1.76 bits per heavy atom. The van der Waals surface area contributed by atoms with Gasteiger partial charge < -0.3 is 20.5 Å². The molecule has 3 fully saturated rings. The van der Waals surface area contributed by atoms with Crippen molar-refractivity contribution >= 4 is 11.6 Å². The van der Waals surface area contributed by atoms with Gasteiger partial charge in [0.15, 0.2) is 0 Å². The number of carbonyl (C=O) groups excluding carboxylic acids is 1. The quantitative estimate of drug-likeness (QED) is 0.442. The number of amides is 1. The maximum absolute atomic E-state index is 14.7. The molecule has 6 nitrogen and oxygen atoms in total. The molecular weight excluding hydrogens is 495 g/mol. The van der Waals surface area contributed by atoms with Crippen LogP contribution in [0.3, 0.4) is 0 Å². The predicted octanol–water partition coefficient (Wildman–Crippen LogP) is 4.58. The summed E-state index contributed by atoms with van der Waals surface area (Å²) in [5, 5.41) is 9.30. The third-order valence-corrected chi connectivity index (χ3v) is 8.11. The van der Waals surface area contributed by atoms with Crippen LogP contribution in [-0.2, 0) is 5.54 Å². The molecule has 2 saturated carbocycles. The van der Waals surface area contributed by atoms with Crippen LogP contribution in [0.4, 0.5) is 27.6 Å². The van der Waals surface area contributed by atoms with E-state index < -0.39 is 47.3 Å². The van der Waals surface area contributed by atoms with Gasteiger partial charge in [-0.2, -0.15) is 0 Å². The highest BCUT2D eigenvalue weighted by molar-refractivity contribution is 5.99. The zero-order valence-corrected chi connectivity index (χ0v) is 20.2. The van der Waals surface area contributed by atoms with Gasteiger partial charge in [-0.3, -0.25) is 9.59 Å². The fraction of sp³-hybridized carbons (Fsp3) is 0.538. The van der Waals surface area contributed by atoms with Crippen LogP contribution in [0, 0.1) is 17.7 Å². The molecule has 4 atom stereocenters. The SMILES string of the molecule is C[C@@H](NC(=O)c1cn(C2(C(F)F)CC2)c(=O)cc1NC1[C@@H]2CC[C@H]1CNC2)c1cccc(C(F)F)c1F. The van der Waals surface area contributed by atoms with Crippen molar-refractivity contribution in [1.82, 2.24) is 15.2 Å². The van der Waals surface area contributed by atoms with Crippen LogP contribution in [-0.4, -0.2) is 36.0 Å². The molecule has 2 bridgehead atoms. The Balaban J connectivity index is 1.49. The fourth-order valence-electron chi connectivity index (χ4n) is 5.80. The second-order valence-electron chi connectivity index (χ2n) is 10.4. The molecule has 200 valence electrons. The number of rotatable bonds is 8. The molecule has 0 radical (unpaired) electrons. The van der Waals surface area contributed by atoms with E-state index in [4.69, 9.17) is 0 Å². The van der Waals surface area contributed by atoms with Crippen LogP contribution >= 0.6 is 0 Å². The Labute approximate surface area is 210 Å². The molecule has 2 heterocycles. The summed E-state index contributed by atoms with van der Waals surface area (Å²) in [6.07, 6.45) is -2.46. The predicted molar refractivity (Wildman–Crippen MR) is 128 cm³/mol. The van der Waals surface area contributed by atoms with Gasteiger partial charge in [-0.05, 0) is 57.5 Å². The summed E-state index contributed by atoms with van der Waals surface area (Å²) in [5.41, 5.74) is -2.99. The molecule has 1 unspecified atom stereocenters. The zero-order chi connectivity index (χ0) is 26.5. The minimum absolute atomic E-state index is 0.00521. The molecule has 2 aromatic rings. The van der Waals surface area contributed by atoms with Crippen molar-refractivity contribution < 1.29 is 26.7 Å². The van der Waals surface area contributed by atoms with Crippen molar-refractivity contribution in [2.45, 2.75) is 63.1 Å². The van der Waals surface area contributed by atoms with Gasteiger partial charge in [-0.25, -0.2) is 22.0 Å². The maximum atomic E-state index is 14.7. The van der Waals surface area contributed by atoms with Crippen LogP contribution in [0.25, 0.3) is 0 Å². The number of aromatic nitrogens is 1. The average molecular weight is 525 g/mol. The second kappa shape index (κ2) is 9.74. The smallest absolute Gasteiger partial charge is 0.266 e. The molecular formula is C26H29F5N4O2. The summed E-state index contributed by atoms with van der Waals surface area (Å²) in [5.74, 6) is -1.26. The van der Waals surface area contributed by atoms with E-state index in [0.717, 1.165) is 42.8 Å². The van der Waals surface area contributed by atoms with Gasteiger partial charge in [0.1, 0.15) is 11.4 Å². The van der Waals surface area contributed by atoms with Gasteiger partial charge in [-0.1, -0.05) is 18.2 Å². The Morgan fingerprint density at radius 1 is 1.11 bits per heavy atom. The van der Waals surface area contributed by atoms with Crippen molar-refractivity contribution in [1.29, 1.82) is 0 Å².